The molecule has 10 heavy (non-hydrogen) atoms. The van der Waals surface area contributed by atoms with Gasteiger partial charge in [0, 0.05) is 6.20 Å². The van der Waals surface area contributed by atoms with Crippen LogP contribution in [0.25, 0.3) is 0 Å². The van der Waals surface area contributed by atoms with Gasteiger partial charge in [0.1, 0.15) is 0 Å². The smallest absolute Gasteiger partial charge is 0.0957 e. The molecule has 0 amide bonds. The number of aliphatic imine (C=N–C) groups is 1. The summed E-state index contributed by atoms with van der Waals surface area (Å²) in [5.41, 5.74) is 6.54. The summed E-state index contributed by atoms with van der Waals surface area (Å²) >= 11 is 0. The molecule has 0 radical (unpaired) electrons. The maximum Gasteiger partial charge on any atom is 0.0957 e. The Kier molecular flexibility index (Phi) is 4.29. The van der Waals surface area contributed by atoms with E-state index in [0.29, 0.717) is 5.84 Å². The van der Waals surface area contributed by atoms with Gasteiger partial charge in [0.15, 0.2) is 0 Å². The first-order valence-corrected chi connectivity index (χ1v) is 3.23. The lowest BCUT2D eigenvalue weighted by Gasteiger charge is -1.83. The van der Waals surface area contributed by atoms with Crippen LogP contribution in [0.2, 0.25) is 0 Å². The highest BCUT2D eigenvalue weighted by atomic mass is 14.8. The third-order valence-electron chi connectivity index (χ3n) is 0.794. The molecule has 2 N–H and O–H groups in total. The van der Waals surface area contributed by atoms with Crippen LogP contribution in [-0.4, -0.2) is 5.84 Å². The number of rotatable bonds is 2. The molecule has 0 spiro atoms. The molecule has 0 aliphatic rings. The van der Waals surface area contributed by atoms with Gasteiger partial charge in [-0.25, -0.2) is 4.99 Å². The van der Waals surface area contributed by atoms with Gasteiger partial charge in [-0.05, 0) is 26.8 Å². The van der Waals surface area contributed by atoms with Crippen LogP contribution >= 0.6 is 0 Å². The zero-order chi connectivity index (χ0) is 7.98. The van der Waals surface area contributed by atoms with Gasteiger partial charge in [-0.3, -0.25) is 0 Å². The van der Waals surface area contributed by atoms with Gasteiger partial charge in [-0.2, -0.15) is 0 Å². The molecule has 0 aliphatic carbocycles. The van der Waals surface area contributed by atoms with Crippen molar-refractivity contribution in [2.24, 2.45) is 10.7 Å². The minimum atomic E-state index is 0.582. The molecule has 0 atom stereocenters. The molecule has 0 bridgehead atoms. The lowest BCUT2D eigenvalue weighted by Crippen LogP contribution is -2.03. The van der Waals surface area contributed by atoms with Gasteiger partial charge in [-0.1, -0.05) is 11.6 Å². The van der Waals surface area contributed by atoms with Crippen molar-refractivity contribution in [2.45, 2.75) is 20.8 Å². The first-order chi connectivity index (χ1) is 4.63. The Bertz CT molecular complexity index is 148. The highest BCUT2D eigenvalue weighted by Gasteiger charge is 1.71. The van der Waals surface area contributed by atoms with Crippen LogP contribution in [0.1, 0.15) is 20.8 Å². The minimum absolute atomic E-state index is 0.582. The Morgan fingerprint density at radius 1 is 1.30 bits per heavy atom. The monoisotopic (exact) mass is 138 g/mol. The maximum atomic E-state index is 5.29. The molecule has 2 heteroatoms. The Morgan fingerprint density at radius 3 is 2.30 bits per heavy atom. The van der Waals surface area contributed by atoms with Crippen LogP contribution < -0.4 is 5.73 Å². The fourth-order valence-corrected chi connectivity index (χ4v) is 0.396. The average molecular weight is 138 g/mol. The van der Waals surface area contributed by atoms with E-state index in [1.54, 1.807) is 13.1 Å². The Labute approximate surface area is 62.1 Å². The largest absolute Gasteiger partial charge is 0.387 e. The van der Waals surface area contributed by atoms with Gasteiger partial charge in [-0.15, -0.1) is 0 Å². The van der Waals surface area contributed by atoms with Crippen molar-refractivity contribution in [2.75, 3.05) is 0 Å². The standard InChI is InChI=1S/C8H14N2/c1-7(2)5-4-6-10-8(3)9/h4-6H,1-3H3,(H2,9,10)/b6-4-. The molecular weight excluding hydrogens is 124 g/mol. The highest BCUT2D eigenvalue weighted by molar-refractivity contribution is 5.77. The second-order valence-electron chi connectivity index (χ2n) is 2.36. The van der Waals surface area contributed by atoms with Crippen molar-refractivity contribution < 1.29 is 0 Å². The molecule has 0 aromatic heterocycles. The van der Waals surface area contributed by atoms with Gasteiger partial charge < -0.3 is 5.73 Å². The van der Waals surface area contributed by atoms with Crippen molar-refractivity contribution in [3.63, 3.8) is 0 Å². The average Bonchev–Trinajstić information content (AvgIpc) is 1.79. The third kappa shape index (κ3) is 6.95. The van der Waals surface area contributed by atoms with Crippen LogP contribution in [0.5, 0.6) is 0 Å². The molecule has 0 aromatic rings. The Hall–Kier alpha value is -1.05. The molecule has 0 saturated heterocycles. The molecule has 0 rings (SSSR count). The van der Waals surface area contributed by atoms with Gasteiger partial charge in [0.2, 0.25) is 0 Å². The van der Waals surface area contributed by atoms with E-state index in [2.05, 4.69) is 4.99 Å². The number of nitrogens with zero attached hydrogens (tertiary/aromatic N) is 1. The predicted molar refractivity (Wildman–Crippen MR) is 45.9 cm³/mol. The molecule has 0 saturated carbocycles. The van der Waals surface area contributed by atoms with E-state index in [1.165, 1.54) is 5.57 Å². The number of hydrogen-bond acceptors (Lipinski definition) is 1. The summed E-state index contributed by atoms with van der Waals surface area (Å²) in [7, 11) is 0. The van der Waals surface area contributed by atoms with Crippen molar-refractivity contribution >= 4 is 5.84 Å². The number of hydrogen-bond donors (Lipinski definition) is 1. The molecule has 0 fully saturated rings. The van der Waals surface area contributed by atoms with Crippen molar-refractivity contribution in [3.05, 3.63) is 23.9 Å². The van der Waals surface area contributed by atoms with Crippen LogP contribution in [0.4, 0.5) is 0 Å². The van der Waals surface area contributed by atoms with Crippen molar-refractivity contribution in [3.8, 4) is 0 Å². The zero-order valence-corrected chi connectivity index (χ0v) is 6.76. The summed E-state index contributed by atoms with van der Waals surface area (Å²) in [5.74, 6) is 0.582. The second kappa shape index (κ2) is 4.79. The van der Waals surface area contributed by atoms with Crippen molar-refractivity contribution in [1.29, 1.82) is 0 Å². The van der Waals surface area contributed by atoms with Crippen LogP contribution in [0.15, 0.2) is 28.9 Å². The molecule has 0 heterocycles. The highest BCUT2D eigenvalue weighted by Crippen LogP contribution is 1.88. The maximum absolute atomic E-state index is 5.29. The lowest BCUT2D eigenvalue weighted by molar-refractivity contribution is 1.38. The summed E-state index contributed by atoms with van der Waals surface area (Å²) in [6.07, 6.45) is 5.53. The van der Waals surface area contributed by atoms with E-state index in [-0.39, 0.29) is 0 Å². The lowest BCUT2D eigenvalue weighted by atomic mass is 10.3. The van der Waals surface area contributed by atoms with E-state index in [0.717, 1.165) is 0 Å². The molecule has 0 aromatic carbocycles. The van der Waals surface area contributed by atoms with Crippen LogP contribution in [-0.2, 0) is 0 Å². The summed E-state index contributed by atoms with van der Waals surface area (Å²) in [5, 5.41) is 0. The van der Waals surface area contributed by atoms with E-state index >= 15 is 0 Å². The van der Waals surface area contributed by atoms with E-state index in [4.69, 9.17) is 5.73 Å². The number of allylic oxidation sites excluding steroid dienone is 3. The summed E-state index contributed by atoms with van der Waals surface area (Å²) in [4.78, 5) is 3.87. The molecule has 56 valence electrons. The Balaban J connectivity index is 3.80. The van der Waals surface area contributed by atoms with E-state index in [9.17, 15) is 0 Å². The van der Waals surface area contributed by atoms with Crippen LogP contribution in [0, 0.1) is 0 Å². The summed E-state index contributed by atoms with van der Waals surface area (Å²) in [6.45, 7) is 5.82. The number of nitrogens with two attached hydrogens (primary N) is 1. The Morgan fingerprint density at radius 2 is 1.90 bits per heavy atom. The molecule has 2 nitrogen and oxygen atoms in total. The van der Waals surface area contributed by atoms with E-state index in [1.807, 2.05) is 26.0 Å². The van der Waals surface area contributed by atoms with E-state index < -0.39 is 0 Å². The normalized spacial score (nSPS) is 12.1. The topological polar surface area (TPSA) is 38.4 Å². The van der Waals surface area contributed by atoms with Crippen LogP contribution in [0.3, 0.4) is 0 Å². The first-order valence-electron chi connectivity index (χ1n) is 3.23. The van der Waals surface area contributed by atoms with Gasteiger partial charge in [0.25, 0.3) is 0 Å². The fraction of sp³-hybridized carbons (Fsp3) is 0.375. The molecule has 0 unspecified atom stereocenters. The number of amidine groups is 1. The fourth-order valence-electron chi connectivity index (χ4n) is 0.396. The third-order valence-corrected chi connectivity index (χ3v) is 0.794. The summed E-state index contributed by atoms with van der Waals surface area (Å²) in [6, 6.07) is 0. The van der Waals surface area contributed by atoms with Gasteiger partial charge >= 0.3 is 0 Å². The summed E-state index contributed by atoms with van der Waals surface area (Å²) < 4.78 is 0. The minimum Gasteiger partial charge on any atom is -0.387 e. The quantitative estimate of drug-likeness (QED) is 0.353. The van der Waals surface area contributed by atoms with Gasteiger partial charge in [0.05, 0.1) is 5.84 Å². The second-order valence-corrected chi connectivity index (χ2v) is 2.36. The first kappa shape index (κ1) is 8.95. The SMILES string of the molecule is CC(C)=C/C=C\N=C(C)N. The molecule has 0 aliphatic heterocycles. The van der Waals surface area contributed by atoms with Crippen molar-refractivity contribution in [1.82, 2.24) is 0 Å². The zero-order valence-electron chi connectivity index (χ0n) is 6.76. The molecular formula is C8H14N2. The predicted octanol–water partition coefficient (Wildman–Crippen LogP) is 1.84.